The lowest BCUT2D eigenvalue weighted by Gasteiger charge is -2.38. The number of carbonyl (C=O) groups is 1. The number of carbonyl (C=O) groups excluding carboxylic acids is 1. The number of hydrogen-bond acceptors (Lipinski definition) is 7. The molecular formula is C25H34N6O3. The molecule has 2 aromatic rings. The molecule has 2 unspecified atom stereocenters. The maximum Gasteiger partial charge on any atom is 0.319 e. The van der Waals surface area contributed by atoms with Crippen LogP contribution in [-0.2, 0) is 22.4 Å². The molecule has 2 fully saturated rings. The lowest BCUT2D eigenvalue weighted by atomic mass is 10.0. The Morgan fingerprint density at radius 1 is 1.12 bits per heavy atom. The van der Waals surface area contributed by atoms with Crippen molar-refractivity contribution >= 4 is 17.5 Å². The van der Waals surface area contributed by atoms with E-state index in [9.17, 15) is 4.79 Å². The number of aromatic nitrogens is 2. The van der Waals surface area contributed by atoms with Crippen LogP contribution in [0.1, 0.15) is 31.5 Å². The topological polar surface area (TPSA) is 91.9 Å². The zero-order valence-electron chi connectivity index (χ0n) is 20.0. The molecule has 9 heteroatoms. The quantitative estimate of drug-likeness (QED) is 0.700. The molecule has 0 saturated carbocycles. The molecule has 9 nitrogen and oxygen atoms in total. The molecular weight excluding hydrogens is 432 g/mol. The predicted octanol–water partition coefficient (Wildman–Crippen LogP) is 2.66. The molecule has 0 bridgehead atoms. The monoisotopic (exact) mass is 466 g/mol. The first kappa shape index (κ1) is 23.0. The van der Waals surface area contributed by atoms with Gasteiger partial charge in [0.2, 0.25) is 0 Å². The molecule has 2 saturated heterocycles. The van der Waals surface area contributed by atoms with Crippen molar-refractivity contribution in [1.82, 2.24) is 20.2 Å². The number of nitrogens with zero attached hydrogens (tertiary/aromatic N) is 4. The number of urea groups is 1. The molecule has 4 heterocycles. The van der Waals surface area contributed by atoms with E-state index in [1.165, 1.54) is 5.56 Å². The highest BCUT2D eigenvalue weighted by molar-refractivity contribution is 5.89. The highest BCUT2D eigenvalue weighted by atomic mass is 16.5. The zero-order valence-corrected chi connectivity index (χ0v) is 20.0. The number of benzene rings is 1. The normalized spacial score (nSPS) is 22.9. The van der Waals surface area contributed by atoms with E-state index in [-0.39, 0.29) is 12.1 Å². The van der Waals surface area contributed by atoms with Crippen LogP contribution in [0.4, 0.5) is 16.3 Å². The molecule has 0 spiro atoms. The van der Waals surface area contributed by atoms with Crippen LogP contribution in [0, 0.1) is 0 Å². The number of nitrogens with one attached hydrogen (secondary N) is 2. The first-order valence-electron chi connectivity index (χ1n) is 12.3. The van der Waals surface area contributed by atoms with Gasteiger partial charge in [-0.2, -0.15) is 0 Å². The maximum absolute atomic E-state index is 11.8. The zero-order chi connectivity index (χ0) is 23.5. The van der Waals surface area contributed by atoms with Crippen molar-refractivity contribution in [2.45, 2.75) is 45.3 Å². The molecule has 2 atom stereocenters. The Morgan fingerprint density at radius 3 is 2.68 bits per heavy atom. The summed E-state index contributed by atoms with van der Waals surface area (Å²) < 4.78 is 11.3. The van der Waals surface area contributed by atoms with Gasteiger partial charge in [-0.25, -0.2) is 14.8 Å². The van der Waals surface area contributed by atoms with Crippen LogP contribution in [0.15, 0.2) is 24.3 Å². The third-order valence-electron chi connectivity index (χ3n) is 6.87. The molecule has 1 aromatic carbocycles. The van der Waals surface area contributed by atoms with Crippen molar-refractivity contribution in [3.63, 3.8) is 0 Å². The van der Waals surface area contributed by atoms with E-state index in [0.717, 1.165) is 74.3 Å². The van der Waals surface area contributed by atoms with Gasteiger partial charge in [-0.1, -0.05) is 0 Å². The molecule has 0 aliphatic carbocycles. The number of ether oxygens (including phenoxy) is 2. The Labute approximate surface area is 200 Å². The minimum absolute atomic E-state index is 0.208. The summed E-state index contributed by atoms with van der Waals surface area (Å²) in [5, 5.41) is 5.59. The van der Waals surface area contributed by atoms with Crippen molar-refractivity contribution in [2.75, 3.05) is 56.3 Å². The summed E-state index contributed by atoms with van der Waals surface area (Å²) in [6.07, 6.45) is 2.03. The largest absolute Gasteiger partial charge is 0.380 e. The van der Waals surface area contributed by atoms with Gasteiger partial charge in [-0.15, -0.1) is 0 Å². The minimum atomic E-state index is -0.208. The summed E-state index contributed by atoms with van der Waals surface area (Å²) in [4.78, 5) is 26.9. The molecule has 34 heavy (non-hydrogen) atoms. The number of hydrogen-bond donors (Lipinski definition) is 2. The molecule has 182 valence electrons. The number of morpholine rings is 1. The average molecular weight is 467 g/mol. The van der Waals surface area contributed by atoms with Gasteiger partial charge >= 0.3 is 6.03 Å². The van der Waals surface area contributed by atoms with Crippen molar-refractivity contribution in [3.05, 3.63) is 35.5 Å². The van der Waals surface area contributed by atoms with Gasteiger partial charge in [-0.3, -0.25) is 4.90 Å². The van der Waals surface area contributed by atoms with Crippen LogP contribution < -0.4 is 15.5 Å². The van der Waals surface area contributed by atoms with E-state index < -0.39 is 0 Å². The predicted molar refractivity (Wildman–Crippen MR) is 131 cm³/mol. The highest BCUT2D eigenvalue weighted by Gasteiger charge is 2.32. The van der Waals surface area contributed by atoms with Crippen LogP contribution in [0.3, 0.4) is 0 Å². The first-order chi connectivity index (χ1) is 16.6. The third-order valence-corrected chi connectivity index (χ3v) is 6.87. The van der Waals surface area contributed by atoms with Gasteiger partial charge in [0.05, 0.1) is 31.6 Å². The highest BCUT2D eigenvalue weighted by Crippen LogP contribution is 2.33. The van der Waals surface area contributed by atoms with E-state index >= 15 is 0 Å². The second-order valence-electron chi connectivity index (χ2n) is 9.21. The maximum atomic E-state index is 11.8. The Morgan fingerprint density at radius 2 is 1.94 bits per heavy atom. The first-order valence-corrected chi connectivity index (χ1v) is 12.3. The van der Waals surface area contributed by atoms with Gasteiger partial charge in [-0.05, 0) is 51.0 Å². The van der Waals surface area contributed by atoms with E-state index in [0.29, 0.717) is 25.8 Å². The average Bonchev–Trinajstić information content (AvgIpc) is 3.39. The molecule has 5 rings (SSSR count). The van der Waals surface area contributed by atoms with Gasteiger partial charge in [0.1, 0.15) is 5.82 Å². The Kier molecular flexibility index (Phi) is 6.94. The number of amides is 2. The number of rotatable bonds is 5. The smallest absolute Gasteiger partial charge is 0.319 e. The lowest BCUT2D eigenvalue weighted by Crippen LogP contribution is -2.46. The molecule has 3 aliphatic rings. The van der Waals surface area contributed by atoms with Gasteiger partial charge in [0.15, 0.2) is 5.82 Å². The van der Waals surface area contributed by atoms with Crippen molar-refractivity contribution in [3.8, 4) is 11.4 Å². The van der Waals surface area contributed by atoms with E-state index in [4.69, 9.17) is 19.4 Å². The Balaban J connectivity index is 1.46. The number of anilines is 2. The van der Waals surface area contributed by atoms with Crippen LogP contribution in [0.5, 0.6) is 0 Å². The third kappa shape index (κ3) is 4.87. The summed E-state index contributed by atoms with van der Waals surface area (Å²) in [6, 6.07) is 8.27. The van der Waals surface area contributed by atoms with E-state index in [1.807, 2.05) is 31.2 Å². The fourth-order valence-corrected chi connectivity index (χ4v) is 5.00. The molecule has 2 N–H and O–H groups in total. The van der Waals surface area contributed by atoms with Gasteiger partial charge < -0.3 is 25.0 Å². The standard InChI is InChI=1S/C25H34N6O3/c1-3-26-25(32)27-19-6-4-18(5-7-19)23-28-22-14-30(20-9-12-33-16-20)10-8-21(22)24(29-23)31-11-13-34-15-17(31)2/h4-7,17,20H,3,8-16H2,1-2H3,(H2,26,27,32). The second-order valence-corrected chi connectivity index (χ2v) is 9.21. The van der Waals surface area contributed by atoms with Crippen LogP contribution in [0.25, 0.3) is 11.4 Å². The molecule has 0 radical (unpaired) electrons. The second kappa shape index (κ2) is 10.2. The SMILES string of the molecule is CCNC(=O)Nc1ccc(-c2nc3c(c(N4CCOCC4C)n2)CCN(C2CCOC2)C3)cc1. The van der Waals surface area contributed by atoms with Gasteiger partial charge in [0.25, 0.3) is 0 Å². The Bertz CT molecular complexity index is 1010. The summed E-state index contributed by atoms with van der Waals surface area (Å²) in [6.45, 7) is 10.4. The van der Waals surface area contributed by atoms with Crippen LogP contribution >= 0.6 is 0 Å². The fraction of sp³-hybridized carbons (Fsp3) is 0.560. The molecule has 2 amide bonds. The minimum Gasteiger partial charge on any atom is -0.380 e. The summed E-state index contributed by atoms with van der Waals surface area (Å²) in [7, 11) is 0. The Hall–Kier alpha value is -2.75. The van der Waals surface area contributed by atoms with Gasteiger partial charge in [0, 0.05) is 55.6 Å². The van der Waals surface area contributed by atoms with Crippen molar-refractivity contribution in [1.29, 1.82) is 0 Å². The summed E-state index contributed by atoms with van der Waals surface area (Å²) >= 11 is 0. The van der Waals surface area contributed by atoms with Crippen LogP contribution in [0.2, 0.25) is 0 Å². The van der Waals surface area contributed by atoms with E-state index in [2.05, 4.69) is 27.4 Å². The fourth-order valence-electron chi connectivity index (χ4n) is 5.00. The summed E-state index contributed by atoms with van der Waals surface area (Å²) in [5.41, 5.74) is 4.05. The molecule has 1 aromatic heterocycles. The molecule has 3 aliphatic heterocycles. The number of fused-ring (bicyclic) bond motifs is 1. The van der Waals surface area contributed by atoms with Crippen molar-refractivity contribution in [2.24, 2.45) is 0 Å². The van der Waals surface area contributed by atoms with E-state index in [1.54, 1.807) is 0 Å². The lowest BCUT2D eigenvalue weighted by molar-refractivity contribution is 0.0981. The summed E-state index contributed by atoms with van der Waals surface area (Å²) in [5.74, 6) is 1.77. The van der Waals surface area contributed by atoms with Crippen LogP contribution in [-0.4, -0.2) is 79.0 Å². The van der Waals surface area contributed by atoms with Crippen molar-refractivity contribution < 1.29 is 14.3 Å².